The quantitative estimate of drug-likeness (QED) is 0.0595. The molecule has 0 radical (unpaired) electrons. The lowest BCUT2D eigenvalue weighted by Gasteiger charge is -2.16. The fourth-order valence-corrected chi connectivity index (χ4v) is 5.14. The van der Waals surface area contributed by atoms with Gasteiger partial charge in [-0.2, -0.15) is 0 Å². The zero-order valence-electron chi connectivity index (χ0n) is 26.2. The first kappa shape index (κ1) is 33.8. The van der Waals surface area contributed by atoms with Crippen molar-refractivity contribution in [3.05, 3.63) is 120 Å². The van der Waals surface area contributed by atoms with Crippen molar-refractivity contribution in [2.24, 2.45) is 0 Å². The molecule has 240 valence electrons. The average Bonchev–Trinajstić information content (AvgIpc) is 3.05. The summed E-state index contributed by atoms with van der Waals surface area (Å²) in [5.74, 6) is 0.218. The molecule has 0 saturated heterocycles. The molecule has 46 heavy (non-hydrogen) atoms. The number of aliphatic hydroxyl groups is 1. The van der Waals surface area contributed by atoms with E-state index in [0.29, 0.717) is 16.8 Å². The second-order valence-corrected chi connectivity index (χ2v) is 11.3. The minimum absolute atomic E-state index is 0.0111. The highest BCUT2D eigenvalue weighted by molar-refractivity contribution is 6.01. The van der Waals surface area contributed by atoms with Gasteiger partial charge in [-0.15, -0.1) is 0 Å². The predicted molar refractivity (Wildman–Crippen MR) is 186 cm³/mol. The molecule has 5 rings (SSSR count). The minimum atomic E-state index is -0.269. The highest BCUT2D eigenvalue weighted by Gasteiger charge is 2.15. The van der Waals surface area contributed by atoms with Crippen molar-refractivity contribution < 1.29 is 25.2 Å². The molecule has 0 aliphatic heterocycles. The summed E-state index contributed by atoms with van der Waals surface area (Å²) in [4.78, 5) is 12.7. The van der Waals surface area contributed by atoms with Gasteiger partial charge in [-0.3, -0.25) is 10.1 Å². The number of fused-ring (bicyclic) bond motifs is 2. The number of carbonyl (C=O) groups is 1. The first-order chi connectivity index (χ1) is 22.2. The molecule has 5 aromatic carbocycles. The van der Waals surface area contributed by atoms with E-state index in [1.54, 1.807) is 30.3 Å². The molecule has 5 aromatic rings. The fourth-order valence-electron chi connectivity index (χ4n) is 5.14. The van der Waals surface area contributed by atoms with Gasteiger partial charge in [0.2, 0.25) is 0 Å². The second kappa shape index (κ2) is 16.9. The van der Waals surface area contributed by atoms with Crippen molar-refractivity contribution in [3.8, 4) is 17.2 Å². The Morgan fingerprint density at radius 2 is 1.28 bits per heavy atom. The number of hydrogen-bond acceptors (Lipinski definition) is 7. The molecule has 0 aliphatic carbocycles. The number of phenols is 3. The monoisotopic (exact) mass is 621 g/mol. The number of phenolic OH excluding ortho intramolecular Hbond substituents is 3. The van der Waals surface area contributed by atoms with Gasteiger partial charge in [0.05, 0.1) is 12.3 Å². The van der Waals surface area contributed by atoms with E-state index in [1.165, 1.54) is 0 Å². The van der Waals surface area contributed by atoms with Crippen LogP contribution in [0.1, 0.15) is 47.7 Å². The van der Waals surface area contributed by atoms with Gasteiger partial charge < -0.3 is 31.1 Å². The number of nitrogens with one attached hydrogen (secondary N) is 3. The van der Waals surface area contributed by atoms with Crippen molar-refractivity contribution in [1.29, 1.82) is 0 Å². The van der Waals surface area contributed by atoms with E-state index in [9.17, 15) is 15.0 Å². The fraction of sp³-hybridized carbons (Fsp3) is 0.237. The SMILES string of the molecule is C=C(NCCCCC(C)NC(=O)c1cc2ccccc2cc1O)c1cc2ccccc2cc1O.OCNCCc1ccc(O)cc1. The van der Waals surface area contributed by atoms with Crippen molar-refractivity contribution in [3.63, 3.8) is 0 Å². The molecule has 1 unspecified atom stereocenters. The highest BCUT2D eigenvalue weighted by Crippen LogP contribution is 2.29. The van der Waals surface area contributed by atoms with E-state index in [-0.39, 0.29) is 35.9 Å². The largest absolute Gasteiger partial charge is 0.508 e. The number of hydrogen-bond donors (Lipinski definition) is 7. The number of carbonyl (C=O) groups excluding carboxylic acids is 1. The number of amides is 1. The normalized spacial score (nSPS) is 11.4. The summed E-state index contributed by atoms with van der Waals surface area (Å²) in [5.41, 5.74) is 2.83. The van der Waals surface area contributed by atoms with Crippen LogP contribution in [-0.4, -0.2) is 52.2 Å². The molecular formula is C38H43N3O5. The standard InChI is InChI=1S/C29H30N2O3.C9H13NO2/c1-19(31-29(34)26-16-22-11-4-6-13-24(22)18-28(26)33)9-7-8-14-30-20(2)25-15-21-10-3-5-12-23(21)17-27(25)32;11-7-10-6-5-8-1-3-9(12)4-2-8/h3-6,10-13,15-19,30,32-33H,2,7-9,14H2,1H3,(H,31,34);1-4,10-12H,5-7H2. The van der Waals surface area contributed by atoms with Crippen LogP contribution in [0.5, 0.6) is 17.2 Å². The summed E-state index contributed by atoms with van der Waals surface area (Å²) in [6.45, 7) is 7.53. The van der Waals surface area contributed by atoms with E-state index in [2.05, 4.69) is 22.5 Å². The molecule has 0 fully saturated rings. The molecule has 7 N–H and O–H groups in total. The highest BCUT2D eigenvalue weighted by atomic mass is 16.3. The van der Waals surface area contributed by atoms with Gasteiger partial charge in [0.1, 0.15) is 17.2 Å². The zero-order valence-corrected chi connectivity index (χ0v) is 26.2. The molecule has 8 heteroatoms. The second-order valence-electron chi connectivity index (χ2n) is 11.3. The maximum atomic E-state index is 12.7. The lowest BCUT2D eigenvalue weighted by molar-refractivity contribution is 0.0935. The number of benzene rings is 5. The topological polar surface area (TPSA) is 134 Å². The van der Waals surface area contributed by atoms with Crippen LogP contribution in [0.15, 0.2) is 104 Å². The Labute approximate surface area is 270 Å². The summed E-state index contributed by atoms with van der Waals surface area (Å²) >= 11 is 0. The number of aliphatic hydroxyl groups excluding tert-OH is 1. The van der Waals surface area contributed by atoms with Crippen LogP contribution in [-0.2, 0) is 6.42 Å². The number of unbranched alkanes of at least 4 members (excludes halogenated alkanes) is 1. The van der Waals surface area contributed by atoms with Crippen LogP contribution in [0.4, 0.5) is 0 Å². The predicted octanol–water partition coefficient (Wildman–Crippen LogP) is 6.43. The zero-order chi connectivity index (χ0) is 32.9. The molecule has 0 bridgehead atoms. The maximum Gasteiger partial charge on any atom is 0.255 e. The Morgan fingerprint density at radius 1 is 0.739 bits per heavy atom. The first-order valence-corrected chi connectivity index (χ1v) is 15.5. The summed E-state index contributed by atoms with van der Waals surface area (Å²) in [5, 5.41) is 51.0. The van der Waals surface area contributed by atoms with E-state index in [0.717, 1.165) is 65.9 Å². The average molecular weight is 622 g/mol. The molecule has 8 nitrogen and oxygen atoms in total. The smallest absolute Gasteiger partial charge is 0.255 e. The third-order valence-corrected chi connectivity index (χ3v) is 7.72. The summed E-state index contributed by atoms with van der Waals surface area (Å²) in [6.07, 6.45) is 3.49. The lowest BCUT2D eigenvalue weighted by Crippen LogP contribution is -2.32. The summed E-state index contributed by atoms with van der Waals surface area (Å²) in [6, 6.07) is 29.6. The summed E-state index contributed by atoms with van der Waals surface area (Å²) in [7, 11) is 0. The van der Waals surface area contributed by atoms with Gasteiger partial charge in [-0.05, 0) is 96.1 Å². The molecule has 1 amide bonds. The number of aromatic hydroxyl groups is 3. The molecule has 1 atom stereocenters. The third kappa shape index (κ3) is 9.72. The Bertz CT molecular complexity index is 1750. The van der Waals surface area contributed by atoms with Gasteiger partial charge in [-0.25, -0.2) is 0 Å². The van der Waals surface area contributed by atoms with E-state index in [4.69, 9.17) is 10.2 Å². The van der Waals surface area contributed by atoms with Crippen LogP contribution < -0.4 is 16.0 Å². The lowest BCUT2D eigenvalue weighted by atomic mass is 10.0. The number of rotatable bonds is 13. The van der Waals surface area contributed by atoms with Crippen molar-refractivity contribution in [2.75, 3.05) is 19.8 Å². The first-order valence-electron chi connectivity index (χ1n) is 15.5. The van der Waals surface area contributed by atoms with Crippen molar-refractivity contribution >= 4 is 33.1 Å². The van der Waals surface area contributed by atoms with Gasteiger partial charge in [0.25, 0.3) is 5.91 Å². The Hall–Kier alpha value is -5.05. The molecule has 0 spiro atoms. The van der Waals surface area contributed by atoms with E-state index in [1.807, 2.05) is 73.7 Å². The Kier molecular flexibility index (Phi) is 12.4. The van der Waals surface area contributed by atoms with Crippen LogP contribution >= 0.6 is 0 Å². The van der Waals surface area contributed by atoms with Crippen LogP contribution in [0.3, 0.4) is 0 Å². The van der Waals surface area contributed by atoms with Crippen LogP contribution in [0, 0.1) is 0 Å². The summed E-state index contributed by atoms with van der Waals surface area (Å²) < 4.78 is 0. The van der Waals surface area contributed by atoms with Gasteiger partial charge in [-0.1, -0.05) is 67.2 Å². The Morgan fingerprint density at radius 3 is 1.87 bits per heavy atom. The van der Waals surface area contributed by atoms with Gasteiger partial charge in [0, 0.05) is 30.4 Å². The van der Waals surface area contributed by atoms with Gasteiger partial charge in [0.15, 0.2) is 0 Å². The maximum absolute atomic E-state index is 12.7. The molecule has 0 heterocycles. The molecule has 0 aromatic heterocycles. The minimum Gasteiger partial charge on any atom is -0.508 e. The van der Waals surface area contributed by atoms with Crippen LogP contribution in [0.25, 0.3) is 27.2 Å². The van der Waals surface area contributed by atoms with Gasteiger partial charge >= 0.3 is 0 Å². The van der Waals surface area contributed by atoms with E-state index >= 15 is 0 Å². The molecule has 0 saturated carbocycles. The molecule has 0 aliphatic rings. The third-order valence-electron chi connectivity index (χ3n) is 7.72. The Balaban J connectivity index is 0.000000337. The van der Waals surface area contributed by atoms with Crippen molar-refractivity contribution in [2.45, 2.75) is 38.6 Å². The molecular weight excluding hydrogens is 578 g/mol. The van der Waals surface area contributed by atoms with Crippen molar-refractivity contribution in [1.82, 2.24) is 16.0 Å². The van der Waals surface area contributed by atoms with Crippen LogP contribution in [0.2, 0.25) is 0 Å². The van der Waals surface area contributed by atoms with E-state index < -0.39 is 0 Å².